The minimum atomic E-state index is -2.61. The van der Waals surface area contributed by atoms with Gasteiger partial charge in [-0.25, -0.2) is 8.78 Å². The second kappa shape index (κ2) is 5.97. The molecule has 0 radical (unpaired) electrons. The van der Waals surface area contributed by atoms with Gasteiger partial charge in [0.2, 0.25) is 0 Å². The highest BCUT2D eigenvalue weighted by Gasteiger charge is 2.57. The van der Waals surface area contributed by atoms with Gasteiger partial charge in [0, 0.05) is 29.8 Å². The van der Waals surface area contributed by atoms with Crippen LogP contribution in [0.25, 0.3) is 11.3 Å². The van der Waals surface area contributed by atoms with Crippen LogP contribution in [0.3, 0.4) is 0 Å². The number of nitrogens with one attached hydrogen (secondary N) is 1. The summed E-state index contributed by atoms with van der Waals surface area (Å²) < 4.78 is 32.1. The predicted octanol–water partition coefficient (Wildman–Crippen LogP) is 4.68. The number of rotatable bonds is 4. The number of ether oxygens (including phenoxy) is 1. The van der Waals surface area contributed by atoms with E-state index in [4.69, 9.17) is 4.74 Å². The molecule has 25 heavy (non-hydrogen) atoms. The first-order chi connectivity index (χ1) is 11.6. The van der Waals surface area contributed by atoms with E-state index in [0.29, 0.717) is 17.0 Å². The molecule has 1 unspecified atom stereocenters. The minimum Gasteiger partial charge on any atom is -0.492 e. The molecule has 0 bridgehead atoms. The Hall–Kier alpha value is -2.17. The van der Waals surface area contributed by atoms with Crippen LogP contribution >= 0.6 is 0 Å². The predicted molar refractivity (Wildman–Crippen MR) is 94.5 cm³/mol. The third-order valence-electron chi connectivity index (χ3n) is 4.51. The Morgan fingerprint density at radius 3 is 2.48 bits per heavy atom. The molecule has 3 rings (SSSR count). The molecule has 2 aromatic rings. The second-order valence-corrected chi connectivity index (χ2v) is 7.85. The fourth-order valence-electron chi connectivity index (χ4n) is 2.80. The molecule has 1 N–H and O–H groups in total. The first kappa shape index (κ1) is 17.6. The van der Waals surface area contributed by atoms with Gasteiger partial charge in [-0.3, -0.25) is 4.79 Å². The lowest BCUT2D eigenvalue weighted by Gasteiger charge is -2.21. The molecule has 1 heterocycles. The Morgan fingerprint density at radius 1 is 1.24 bits per heavy atom. The summed E-state index contributed by atoms with van der Waals surface area (Å²) in [5.41, 5.74) is 2.91. The minimum absolute atomic E-state index is 0.0242. The first-order valence-electron chi connectivity index (χ1n) is 8.43. The third kappa shape index (κ3) is 3.91. The molecule has 1 fully saturated rings. The maximum Gasteiger partial charge on any atom is 0.255 e. The van der Waals surface area contributed by atoms with Crippen LogP contribution in [-0.2, 0) is 5.41 Å². The van der Waals surface area contributed by atoms with Crippen LogP contribution in [0.1, 0.15) is 38.4 Å². The van der Waals surface area contributed by atoms with Gasteiger partial charge in [0.15, 0.2) is 5.43 Å². The van der Waals surface area contributed by atoms with Crippen LogP contribution in [0, 0.1) is 12.8 Å². The van der Waals surface area contributed by atoms with Gasteiger partial charge < -0.3 is 9.72 Å². The van der Waals surface area contributed by atoms with Gasteiger partial charge in [0.25, 0.3) is 5.92 Å². The zero-order valence-electron chi connectivity index (χ0n) is 15.0. The molecule has 134 valence electrons. The molecule has 0 aliphatic heterocycles. The first-order valence-corrected chi connectivity index (χ1v) is 8.43. The summed E-state index contributed by atoms with van der Waals surface area (Å²) in [4.78, 5) is 15.0. The number of hydrogen-bond acceptors (Lipinski definition) is 2. The van der Waals surface area contributed by atoms with Gasteiger partial charge in [-0.05, 0) is 30.0 Å². The molecule has 1 aromatic heterocycles. The molecule has 0 spiro atoms. The average molecular weight is 347 g/mol. The quantitative estimate of drug-likeness (QED) is 0.872. The fourth-order valence-corrected chi connectivity index (χ4v) is 2.80. The lowest BCUT2D eigenvalue weighted by Crippen LogP contribution is -2.13. The van der Waals surface area contributed by atoms with Crippen molar-refractivity contribution in [2.75, 3.05) is 6.61 Å². The normalized spacial score (nSPS) is 18.9. The maximum absolute atomic E-state index is 13.2. The van der Waals surface area contributed by atoms with E-state index in [9.17, 15) is 13.6 Å². The molecule has 0 saturated heterocycles. The lowest BCUT2D eigenvalue weighted by atomic mass is 9.86. The van der Waals surface area contributed by atoms with Crippen molar-refractivity contribution >= 4 is 0 Å². The highest BCUT2D eigenvalue weighted by atomic mass is 19.3. The molecule has 1 aliphatic carbocycles. The second-order valence-electron chi connectivity index (χ2n) is 7.85. The summed E-state index contributed by atoms with van der Waals surface area (Å²) in [6.07, 6.45) is -0.122. The molecule has 1 saturated carbocycles. The van der Waals surface area contributed by atoms with Gasteiger partial charge in [0.05, 0.1) is 18.2 Å². The summed E-state index contributed by atoms with van der Waals surface area (Å²) >= 11 is 0. The number of hydrogen-bond donors (Lipinski definition) is 1. The van der Waals surface area contributed by atoms with Gasteiger partial charge in [-0.2, -0.15) is 0 Å². The summed E-state index contributed by atoms with van der Waals surface area (Å²) in [5.74, 6) is -2.81. The van der Waals surface area contributed by atoms with Crippen molar-refractivity contribution in [3.8, 4) is 17.0 Å². The van der Waals surface area contributed by atoms with E-state index in [-0.39, 0.29) is 23.9 Å². The standard InChI is InChI=1S/C20H23F2NO2/c1-12-7-15(24)9-17(23-12)16-6-5-13(19(2,3)4)8-18(16)25-11-14-10-20(14,21)22/h5-9,14H,10-11H2,1-4H3,(H,23,24). The maximum atomic E-state index is 13.2. The number of aromatic nitrogens is 1. The summed E-state index contributed by atoms with van der Waals surface area (Å²) in [5, 5.41) is 0. The van der Waals surface area contributed by atoms with E-state index in [1.54, 1.807) is 6.92 Å². The molecule has 1 aromatic carbocycles. The van der Waals surface area contributed by atoms with Crippen molar-refractivity contribution in [1.82, 2.24) is 4.98 Å². The van der Waals surface area contributed by atoms with Crippen LogP contribution < -0.4 is 10.2 Å². The van der Waals surface area contributed by atoms with Crippen molar-refractivity contribution < 1.29 is 13.5 Å². The Balaban J connectivity index is 1.99. The van der Waals surface area contributed by atoms with Gasteiger partial charge in [-0.1, -0.05) is 26.8 Å². The number of alkyl halides is 2. The van der Waals surface area contributed by atoms with Crippen molar-refractivity contribution in [2.45, 2.75) is 45.5 Å². The molecular weight excluding hydrogens is 324 g/mol. The van der Waals surface area contributed by atoms with Gasteiger partial charge >= 0.3 is 0 Å². The number of aromatic amines is 1. The SMILES string of the molecule is Cc1cc(=O)cc(-c2ccc(C(C)(C)C)cc2OCC2CC2(F)F)[nH]1. The van der Waals surface area contributed by atoms with Crippen molar-refractivity contribution in [3.63, 3.8) is 0 Å². The molecule has 1 aliphatic rings. The van der Waals surface area contributed by atoms with Crippen LogP contribution in [0.4, 0.5) is 8.78 Å². The number of halogens is 2. The number of aryl methyl sites for hydroxylation is 1. The summed E-state index contributed by atoms with van der Waals surface area (Å²) in [7, 11) is 0. The van der Waals surface area contributed by atoms with E-state index in [1.807, 2.05) is 18.2 Å². The zero-order valence-corrected chi connectivity index (χ0v) is 15.0. The monoisotopic (exact) mass is 347 g/mol. The van der Waals surface area contributed by atoms with Crippen molar-refractivity contribution in [2.24, 2.45) is 5.92 Å². The van der Waals surface area contributed by atoms with Crippen LogP contribution in [0.5, 0.6) is 5.75 Å². The largest absolute Gasteiger partial charge is 0.492 e. The Morgan fingerprint density at radius 2 is 1.92 bits per heavy atom. The molecule has 1 atom stereocenters. The average Bonchev–Trinajstić information content (AvgIpc) is 3.10. The molecule has 3 nitrogen and oxygen atoms in total. The van der Waals surface area contributed by atoms with E-state index in [2.05, 4.69) is 25.8 Å². The Kier molecular flexibility index (Phi) is 4.21. The smallest absolute Gasteiger partial charge is 0.255 e. The zero-order chi connectivity index (χ0) is 18.4. The highest BCUT2D eigenvalue weighted by molar-refractivity contribution is 5.68. The van der Waals surface area contributed by atoms with Crippen molar-refractivity contribution in [1.29, 1.82) is 0 Å². The summed E-state index contributed by atoms with van der Waals surface area (Å²) in [6.45, 7) is 8.02. The van der Waals surface area contributed by atoms with Crippen molar-refractivity contribution in [3.05, 3.63) is 51.8 Å². The fraction of sp³-hybridized carbons (Fsp3) is 0.450. The summed E-state index contributed by atoms with van der Waals surface area (Å²) in [6, 6.07) is 8.76. The molecular formula is C20H23F2NO2. The third-order valence-corrected chi connectivity index (χ3v) is 4.51. The van der Waals surface area contributed by atoms with E-state index in [1.165, 1.54) is 12.1 Å². The Labute approximate surface area is 146 Å². The number of benzene rings is 1. The molecule has 5 heteroatoms. The topological polar surface area (TPSA) is 42.1 Å². The Bertz CT molecular complexity index is 850. The van der Waals surface area contributed by atoms with Crippen LogP contribution in [0.2, 0.25) is 0 Å². The van der Waals surface area contributed by atoms with E-state index < -0.39 is 11.8 Å². The van der Waals surface area contributed by atoms with Gasteiger partial charge in [-0.15, -0.1) is 0 Å². The number of H-pyrrole nitrogens is 1. The van der Waals surface area contributed by atoms with Crippen LogP contribution in [-0.4, -0.2) is 17.5 Å². The van der Waals surface area contributed by atoms with Crippen LogP contribution in [0.15, 0.2) is 35.1 Å². The van der Waals surface area contributed by atoms with E-state index >= 15 is 0 Å². The molecule has 0 amide bonds. The van der Waals surface area contributed by atoms with Gasteiger partial charge in [0.1, 0.15) is 5.75 Å². The lowest BCUT2D eigenvalue weighted by molar-refractivity contribution is 0.0856. The number of pyridine rings is 1. The van der Waals surface area contributed by atoms with E-state index in [0.717, 1.165) is 11.3 Å². The highest BCUT2D eigenvalue weighted by Crippen LogP contribution is 2.49.